The van der Waals surface area contributed by atoms with Crippen LogP contribution in [0.25, 0.3) is 0 Å². The number of hydrogen-bond acceptors (Lipinski definition) is 3. The highest BCUT2D eigenvalue weighted by Crippen LogP contribution is 2.20. The minimum atomic E-state index is -4.45. The molecule has 0 saturated heterocycles. The van der Waals surface area contributed by atoms with Crippen molar-refractivity contribution < 1.29 is 22.0 Å². The van der Waals surface area contributed by atoms with Gasteiger partial charge in [-0.15, -0.1) is 0 Å². The second kappa shape index (κ2) is 5.84. The van der Waals surface area contributed by atoms with Crippen LogP contribution in [0.15, 0.2) is 17.0 Å². The molecule has 0 aliphatic carbocycles. The van der Waals surface area contributed by atoms with E-state index in [2.05, 4.69) is 0 Å². The molecule has 2 N–H and O–H groups in total. The summed E-state index contributed by atoms with van der Waals surface area (Å²) < 4.78 is 49.7. The number of nitrogens with zero attached hydrogens (tertiary/aromatic N) is 1. The molecule has 0 bridgehead atoms. The van der Waals surface area contributed by atoms with Gasteiger partial charge in [-0.25, -0.2) is 22.3 Å². The third-order valence-corrected chi connectivity index (χ3v) is 3.44. The van der Waals surface area contributed by atoms with Crippen LogP contribution in [0.4, 0.5) is 8.78 Å². The molecule has 0 saturated carbocycles. The van der Waals surface area contributed by atoms with E-state index in [1.165, 1.54) is 11.9 Å². The van der Waals surface area contributed by atoms with Gasteiger partial charge in [0.25, 0.3) is 5.91 Å². The fourth-order valence-corrected chi connectivity index (χ4v) is 2.40. The maximum atomic E-state index is 14.0. The maximum absolute atomic E-state index is 14.0. The topological polar surface area (TPSA) is 80.5 Å². The van der Waals surface area contributed by atoms with Crippen LogP contribution in [0, 0.1) is 17.6 Å². The van der Waals surface area contributed by atoms with E-state index in [-0.39, 0.29) is 5.92 Å². The van der Waals surface area contributed by atoms with Crippen molar-refractivity contribution >= 4 is 15.9 Å². The number of amides is 1. The molecular formula is C12H16F2N2O3S. The Balaban J connectivity index is 3.33. The summed E-state index contributed by atoms with van der Waals surface area (Å²) in [6.45, 7) is 4.02. The van der Waals surface area contributed by atoms with Crippen molar-refractivity contribution in [2.45, 2.75) is 18.7 Å². The molecule has 0 heterocycles. The molecule has 5 nitrogen and oxygen atoms in total. The van der Waals surface area contributed by atoms with Crippen molar-refractivity contribution in [3.63, 3.8) is 0 Å². The van der Waals surface area contributed by atoms with Gasteiger partial charge in [0.15, 0.2) is 5.82 Å². The Hall–Kier alpha value is -1.54. The Morgan fingerprint density at radius 1 is 1.35 bits per heavy atom. The zero-order valence-corrected chi connectivity index (χ0v) is 12.2. The predicted octanol–water partition coefficient (Wildman–Crippen LogP) is 1.34. The fraction of sp³-hybridized carbons (Fsp3) is 0.417. The second-order valence-corrected chi connectivity index (χ2v) is 6.42. The van der Waals surface area contributed by atoms with Gasteiger partial charge in [-0.2, -0.15) is 0 Å². The number of rotatable bonds is 4. The lowest BCUT2D eigenvalue weighted by Crippen LogP contribution is -2.31. The fourth-order valence-electron chi connectivity index (χ4n) is 1.76. The average Bonchev–Trinajstić information content (AvgIpc) is 2.28. The van der Waals surface area contributed by atoms with E-state index in [1.54, 1.807) is 0 Å². The number of primary sulfonamides is 1. The molecule has 0 spiro atoms. The highest BCUT2D eigenvalue weighted by Gasteiger charge is 2.25. The summed E-state index contributed by atoms with van der Waals surface area (Å²) >= 11 is 0. The Morgan fingerprint density at radius 2 is 1.90 bits per heavy atom. The predicted molar refractivity (Wildman–Crippen MR) is 69.5 cm³/mol. The number of hydrogen-bond donors (Lipinski definition) is 1. The molecule has 0 unspecified atom stereocenters. The van der Waals surface area contributed by atoms with Gasteiger partial charge in [-0.1, -0.05) is 13.8 Å². The monoisotopic (exact) mass is 306 g/mol. The third kappa shape index (κ3) is 3.73. The van der Waals surface area contributed by atoms with E-state index in [0.717, 1.165) is 0 Å². The van der Waals surface area contributed by atoms with Crippen LogP contribution in [0.1, 0.15) is 24.2 Å². The summed E-state index contributed by atoms with van der Waals surface area (Å²) in [4.78, 5) is 12.2. The number of benzene rings is 1. The molecule has 0 fully saturated rings. The van der Waals surface area contributed by atoms with Crippen LogP contribution in [-0.2, 0) is 10.0 Å². The molecule has 1 rings (SSSR count). The van der Waals surface area contributed by atoms with Gasteiger partial charge in [-0.3, -0.25) is 4.79 Å². The molecule has 1 aromatic rings. The van der Waals surface area contributed by atoms with Crippen LogP contribution in [0.5, 0.6) is 0 Å². The van der Waals surface area contributed by atoms with Crippen molar-refractivity contribution in [1.29, 1.82) is 0 Å². The van der Waals surface area contributed by atoms with Crippen LogP contribution in [0.2, 0.25) is 0 Å². The van der Waals surface area contributed by atoms with Gasteiger partial charge in [0.1, 0.15) is 10.7 Å². The van der Waals surface area contributed by atoms with E-state index >= 15 is 0 Å². The maximum Gasteiger partial charge on any atom is 0.256 e. The normalized spacial score (nSPS) is 11.8. The summed E-state index contributed by atoms with van der Waals surface area (Å²) in [5.41, 5.74) is -0.655. The molecular weight excluding hydrogens is 290 g/mol. The molecule has 0 radical (unpaired) electrons. The van der Waals surface area contributed by atoms with Crippen LogP contribution in [0.3, 0.4) is 0 Å². The van der Waals surface area contributed by atoms with E-state index in [9.17, 15) is 22.0 Å². The van der Waals surface area contributed by atoms with Crippen molar-refractivity contribution in [3.8, 4) is 0 Å². The van der Waals surface area contributed by atoms with Gasteiger partial charge < -0.3 is 4.90 Å². The molecule has 112 valence electrons. The molecule has 0 aromatic heterocycles. The molecule has 1 aromatic carbocycles. The molecule has 1 amide bonds. The van der Waals surface area contributed by atoms with Crippen molar-refractivity contribution in [3.05, 3.63) is 29.3 Å². The lowest BCUT2D eigenvalue weighted by Gasteiger charge is -2.20. The van der Waals surface area contributed by atoms with Gasteiger partial charge in [0, 0.05) is 13.6 Å². The zero-order valence-electron chi connectivity index (χ0n) is 11.4. The first-order valence-corrected chi connectivity index (χ1v) is 7.36. The Kier molecular flexibility index (Phi) is 4.82. The van der Waals surface area contributed by atoms with Gasteiger partial charge in [0.2, 0.25) is 10.0 Å². The van der Waals surface area contributed by atoms with E-state index < -0.39 is 38.0 Å². The molecule has 0 aliphatic rings. The molecule has 0 atom stereocenters. The lowest BCUT2D eigenvalue weighted by atomic mass is 10.1. The van der Waals surface area contributed by atoms with Crippen LogP contribution < -0.4 is 5.14 Å². The first kappa shape index (κ1) is 16.5. The van der Waals surface area contributed by atoms with Crippen LogP contribution >= 0.6 is 0 Å². The quantitative estimate of drug-likeness (QED) is 0.911. The molecule has 8 heteroatoms. The number of nitrogens with two attached hydrogens (primary N) is 1. The summed E-state index contributed by atoms with van der Waals surface area (Å²) in [6.07, 6.45) is 0. The first-order chi connectivity index (χ1) is 9.04. The first-order valence-electron chi connectivity index (χ1n) is 5.81. The highest BCUT2D eigenvalue weighted by molar-refractivity contribution is 7.89. The Labute approximate surface area is 116 Å². The summed E-state index contributed by atoms with van der Waals surface area (Å²) in [6, 6.07) is 1.10. The van der Waals surface area contributed by atoms with Crippen molar-refractivity contribution in [2.24, 2.45) is 11.1 Å². The summed E-state index contributed by atoms with van der Waals surface area (Å²) in [5.74, 6) is -3.06. The zero-order chi connectivity index (χ0) is 15.7. The van der Waals surface area contributed by atoms with Gasteiger partial charge in [0.05, 0.1) is 5.56 Å². The number of carbonyl (C=O) groups is 1. The Morgan fingerprint density at radius 3 is 2.35 bits per heavy atom. The number of halogens is 2. The smallest absolute Gasteiger partial charge is 0.256 e. The lowest BCUT2D eigenvalue weighted by molar-refractivity contribution is 0.0773. The SMILES string of the molecule is CC(C)CN(C)C(=O)c1cc(F)cc(S(N)(=O)=O)c1F. The standard InChI is InChI=1S/C12H16F2N2O3S/c1-7(2)6-16(3)12(17)9-4-8(13)5-10(11(9)14)20(15,18)19/h4-5,7H,6H2,1-3H3,(H2,15,18,19). The summed E-state index contributed by atoms with van der Waals surface area (Å²) in [5, 5.41) is 4.79. The molecule has 20 heavy (non-hydrogen) atoms. The third-order valence-electron chi connectivity index (χ3n) is 2.53. The van der Waals surface area contributed by atoms with E-state index in [1.807, 2.05) is 13.8 Å². The average molecular weight is 306 g/mol. The van der Waals surface area contributed by atoms with Crippen molar-refractivity contribution in [1.82, 2.24) is 4.90 Å². The van der Waals surface area contributed by atoms with Crippen molar-refractivity contribution in [2.75, 3.05) is 13.6 Å². The molecule has 0 aliphatic heterocycles. The minimum absolute atomic E-state index is 0.123. The Bertz CT molecular complexity index is 630. The number of sulfonamides is 1. The highest BCUT2D eigenvalue weighted by atomic mass is 32.2. The number of carbonyl (C=O) groups excluding carboxylic acids is 1. The van der Waals surface area contributed by atoms with Crippen LogP contribution in [-0.4, -0.2) is 32.8 Å². The van der Waals surface area contributed by atoms with Gasteiger partial charge >= 0.3 is 0 Å². The largest absolute Gasteiger partial charge is 0.341 e. The summed E-state index contributed by atoms with van der Waals surface area (Å²) in [7, 11) is -3.03. The minimum Gasteiger partial charge on any atom is -0.341 e. The van der Waals surface area contributed by atoms with E-state index in [4.69, 9.17) is 5.14 Å². The van der Waals surface area contributed by atoms with E-state index in [0.29, 0.717) is 18.7 Å². The second-order valence-electron chi connectivity index (χ2n) is 4.89. The van der Waals surface area contributed by atoms with Gasteiger partial charge in [-0.05, 0) is 18.1 Å².